The summed E-state index contributed by atoms with van der Waals surface area (Å²) in [5.74, 6) is -18.0. The molecule has 1 fully saturated rings. The van der Waals surface area contributed by atoms with E-state index in [-0.39, 0.29) is 0 Å². The molecular weight excluding hydrogens is 795 g/mol. The fourth-order valence-electron chi connectivity index (χ4n) is 5.06. The maximum atomic E-state index is 15.6. The average Bonchev–Trinajstić information content (AvgIpc) is 3.83. The first-order valence-corrected chi connectivity index (χ1v) is 13.5. The maximum Gasteiger partial charge on any atom is 0.451 e. The molecule has 3 aromatic rings. The number of hydrogen-bond acceptors (Lipinski definition) is 9. The molecule has 1 aromatic heterocycles. The minimum atomic E-state index is -6.42. The van der Waals surface area contributed by atoms with Crippen molar-refractivity contribution >= 4 is 16.7 Å². The molecule has 56 heavy (non-hydrogen) atoms. The summed E-state index contributed by atoms with van der Waals surface area (Å²) < 4.78 is 218. The lowest BCUT2D eigenvalue weighted by atomic mass is 9.95. The Balaban J connectivity index is 2.50. The molecule has 0 spiro atoms. The Kier molecular flexibility index (Phi) is 10.1. The number of rotatable bonds is 3. The Bertz CT molecular complexity index is 2570. The number of aromatic nitrogens is 2. The average molecular weight is 795 g/mol. The second-order valence-corrected chi connectivity index (χ2v) is 10.3. The quantitative estimate of drug-likeness (QED) is 0.143. The number of halogens is 15. The Labute approximate surface area is 298 Å². The fraction of sp³-hybridized carbons (Fsp3) is 0.0938. The van der Waals surface area contributed by atoms with Gasteiger partial charge in [0.25, 0.3) is 0 Å². The third-order valence-electron chi connectivity index (χ3n) is 7.31. The smallest absolute Gasteiger partial charge is 0.219 e. The molecule has 1 aliphatic rings. The largest absolute Gasteiger partial charge is 0.451 e. The third-order valence-corrected chi connectivity index (χ3v) is 7.31. The number of hydrogen-bond donors (Lipinski definition) is 0. The molecule has 278 valence electrons. The van der Waals surface area contributed by atoms with Gasteiger partial charge in [-0.25, -0.2) is 36.3 Å². The highest BCUT2D eigenvalue weighted by molar-refractivity contribution is 6.12. The molecule has 1 heterocycles. The van der Waals surface area contributed by atoms with Gasteiger partial charge in [-0.3, -0.25) is 0 Å². The first kappa shape index (κ1) is 40.9. The van der Waals surface area contributed by atoms with E-state index in [0.717, 1.165) is 36.4 Å². The lowest BCUT2D eigenvalue weighted by Gasteiger charge is -2.18. The molecule has 0 N–H and O–H groups in total. The highest BCUT2D eigenvalue weighted by atomic mass is 19.4. The van der Waals surface area contributed by atoms with E-state index in [1.807, 2.05) is 9.97 Å². The van der Waals surface area contributed by atoms with Crippen LogP contribution in [0.25, 0.3) is 16.7 Å². The minimum absolute atomic E-state index is 0.664. The van der Waals surface area contributed by atoms with Crippen LogP contribution in [0.15, 0.2) is 16.7 Å². The SMILES string of the molecule is N#CC(=C1C(=C(C#N)c2c(F)c(F)c(C#N)c(C#N)c2F)C1=C(C#N)c1c(F)c(F)c(C#N)c(C#N)c1F)c1c(C(F)(F)F)nc(C(F)(F)F)nc1C(F)(F)F. The van der Waals surface area contributed by atoms with Gasteiger partial charge < -0.3 is 0 Å². The third kappa shape index (κ3) is 6.30. The van der Waals surface area contributed by atoms with Gasteiger partial charge in [-0.05, 0) is 0 Å². The number of alkyl halides is 9. The summed E-state index contributed by atoms with van der Waals surface area (Å²) in [6.45, 7) is 0. The van der Waals surface area contributed by atoms with E-state index < -0.39 is 143 Å². The van der Waals surface area contributed by atoms with E-state index in [1.165, 1.54) is 0 Å². The van der Waals surface area contributed by atoms with Gasteiger partial charge in [-0.15, -0.1) is 0 Å². The van der Waals surface area contributed by atoms with E-state index in [1.54, 1.807) is 0 Å². The van der Waals surface area contributed by atoms with Crippen molar-refractivity contribution in [1.82, 2.24) is 9.97 Å². The predicted octanol–water partition coefficient (Wildman–Crippen LogP) is 8.10. The van der Waals surface area contributed by atoms with Crippen LogP contribution in [0.4, 0.5) is 65.9 Å². The van der Waals surface area contributed by atoms with Gasteiger partial charge in [0.1, 0.15) is 64.7 Å². The topological polar surface area (TPSA) is 192 Å². The number of benzene rings is 2. The molecule has 0 bridgehead atoms. The lowest BCUT2D eigenvalue weighted by Crippen LogP contribution is -2.25. The molecule has 1 saturated carbocycles. The van der Waals surface area contributed by atoms with E-state index in [0.29, 0.717) is 6.07 Å². The summed E-state index contributed by atoms with van der Waals surface area (Å²) in [6.07, 6.45) is -19.0. The van der Waals surface area contributed by atoms with Crippen molar-refractivity contribution in [2.75, 3.05) is 0 Å². The van der Waals surface area contributed by atoms with Gasteiger partial charge in [0.05, 0.1) is 33.4 Å². The molecule has 0 aliphatic heterocycles. The number of nitriles is 7. The molecular formula is C32F15N9. The summed E-state index contributed by atoms with van der Waals surface area (Å²) in [5, 5.41) is 66.7. The van der Waals surface area contributed by atoms with Crippen molar-refractivity contribution in [3.8, 4) is 42.5 Å². The Morgan fingerprint density at radius 1 is 0.375 bits per heavy atom. The molecule has 9 nitrogen and oxygen atoms in total. The molecule has 0 radical (unpaired) electrons. The first-order valence-electron chi connectivity index (χ1n) is 13.5. The van der Waals surface area contributed by atoms with Crippen LogP contribution in [-0.2, 0) is 18.5 Å². The highest BCUT2D eigenvalue weighted by Gasteiger charge is 2.52. The molecule has 0 saturated heterocycles. The summed E-state index contributed by atoms with van der Waals surface area (Å²) in [4.78, 5) is 4.09. The maximum absolute atomic E-state index is 15.6. The van der Waals surface area contributed by atoms with Crippen LogP contribution in [0.2, 0.25) is 0 Å². The van der Waals surface area contributed by atoms with Crippen molar-refractivity contribution in [2.45, 2.75) is 18.5 Å². The van der Waals surface area contributed by atoms with Crippen LogP contribution in [0.3, 0.4) is 0 Å². The van der Waals surface area contributed by atoms with Crippen LogP contribution in [-0.4, -0.2) is 9.97 Å². The van der Waals surface area contributed by atoms with Crippen molar-refractivity contribution in [3.05, 3.63) is 108 Å². The summed E-state index contributed by atoms with van der Waals surface area (Å²) in [5.41, 5.74) is -31.7. The highest BCUT2D eigenvalue weighted by Crippen LogP contribution is 2.58. The lowest BCUT2D eigenvalue weighted by molar-refractivity contribution is -0.159. The predicted molar refractivity (Wildman–Crippen MR) is 146 cm³/mol. The van der Waals surface area contributed by atoms with Crippen LogP contribution in [0, 0.1) is 114 Å². The Hall–Kier alpha value is -7.88. The van der Waals surface area contributed by atoms with Gasteiger partial charge in [0.2, 0.25) is 5.82 Å². The standard InChI is InChI=1S/C32F15N9/c33-21-8(1-48)10(3-50)23(35)25(37)18(21)12(5-52)15-16(13(6-53)19-22(34)9(2-49)11(4-51)24(36)26(19)38)17(15)14(7-54)20-27(30(39,40)41)55-29(32(45,46)47)56-28(20)31(42,43)44. The van der Waals surface area contributed by atoms with Gasteiger partial charge in [-0.2, -0.15) is 76.3 Å². The molecule has 0 atom stereocenters. The fourth-order valence-corrected chi connectivity index (χ4v) is 5.06. The van der Waals surface area contributed by atoms with E-state index in [4.69, 9.17) is 10.5 Å². The van der Waals surface area contributed by atoms with Gasteiger partial charge in [0.15, 0.2) is 46.3 Å². The number of nitrogens with zero attached hydrogens (tertiary/aromatic N) is 9. The van der Waals surface area contributed by atoms with Crippen LogP contribution in [0.1, 0.15) is 56.2 Å². The van der Waals surface area contributed by atoms with Gasteiger partial charge in [-0.1, -0.05) is 0 Å². The van der Waals surface area contributed by atoms with Gasteiger partial charge >= 0.3 is 18.5 Å². The number of allylic oxidation sites excluding steroid dienone is 6. The van der Waals surface area contributed by atoms with Crippen LogP contribution >= 0.6 is 0 Å². The molecule has 1 aliphatic carbocycles. The second kappa shape index (κ2) is 13.8. The molecule has 0 amide bonds. The molecule has 2 aromatic carbocycles. The van der Waals surface area contributed by atoms with Crippen molar-refractivity contribution in [2.24, 2.45) is 0 Å². The van der Waals surface area contributed by atoms with Crippen molar-refractivity contribution < 1.29 is 65.9 Å². The zero-order chi connectivity index (χ0) is 42.6. The molecule has 24 heteroatoms. The zero-order valence-electron chi connectivity index (χ0n) is 25.7. The monoisotopic (exact) mass is 795 g/mol. The van der Waals surface area contributed by atoms with Crippen molar-refractivity contribution in [1.29, 1.82) is 36.8 Å². The van der Waals surface area contributed by atoms with Crippen LogP contribution < -0.4 is 0 Å². The zero-order valence-corrected chi connectivity index (χ0v) is 25.7. The second-order valence-electron chi connectivity index (χ2n) is 10.3. The van der Waals surface area contributed by atoms with Gasteiger partial charge in [0, 0.05) is 16.7 Å². The first-order chi connectivity index (χ1) is 25.9. The minimum Gasteiger partial charge on any atom is -0.219 e. The van der Waals surface area contributed by atoms with Crippen LogP contribution in [0.5, 0.6) is 0 Å². The summed E-state index contributed by atoms with van der Waals surface area (Å²) in [7, 11) is 0. The van der Waals surface area contributed by atoms with E-state index >= 15 is 17.6 Å². The Morgan fingerprint density at radius 3 is 0.875 bits per heavy atom. The normalized spacial score (nSPS) is 14.2. The molecule has 0 unspecified atom stereocenters. The summed E-state index contributed by atoms with van der Waals surface area (Å²) in [6, 6.07) is 5.95. The van der Waals surface area contributed by atoms with E-state index in [9.17, 15) is 74.6 Å². The van der Waals surface area contributed by atoms with E-state index in [2.05, 4.69) is 0 Å². The Morgan fingerprint density at radius 2 is 0.643 bits per heavy atom. The molecule has 4 rings (SSSR count). The summed E-state index contributed by atoms with van der Waals surface area (Å²) >= 11 is 0. The van der Waals surface area contributed by atoms with Crippen molar-refractivity contribution in [3.63, 3.8) is 0 Å².